The van der Waals surface area contributed by atoms with Gasteiger partial charge in [-0.3, -0.25) is 9.59 Å². The van der Waals surface area contributed by atoms with Crippen LogP contribution in [0.1, 0.15) is 25.7 Å². The van der Waals surface area contributed by atoms with E-state index in [0.29, 0.717) is 39.3 Å². The summed E-state index contributed by atoms with van der Waals surface area (Å²) in [5.74, 6) is -4.08. The summed E-state index contributed by atoms with van der Waals surface area (Å²) in [6, 6.07) is 0. The highest BCUT2D eigenvalue weighted by Crippen LogP contribution is 2.31. The first-order chi connectivity index (χ1) is 15.1. The van der Waals surface area contributed by atoms with Gasteiger partial charge in [0.15, 0.2) is 12.6 Å². The Morgan fingerprint density at radius 1 is 0.719 bits per heavy atom. The van der Waals surface area contributed by atoms with Gasteiger partial charge in [0.1, 0.15) is 0 Å². The van der Waals surface area contributed by atoms with Crippen LogP contribution in [0.25, 0.3) is 0 Å². The molecule has 0 aromatic heterocycles. The summed E-state index contributed by atoms with van der Waals surface area (Å²) >= 11 is 0. The summed E-state index contributed by atoms with van der Waals surface area (Å²) in [7, 11) is 0. The molecule has 13 nitrogen and oxygen atoms in total. The van der Waals surface area contributed by atoms with E-state index >= 15 is 0 Å². The quantitative estimate of drug-likeness (QED) is 0.261. The molecule has 2 saturated heterocycles. The number of carboxylic acid groups (broad SMARTS) is 4. The second kappa shape index (κ2) is 14.1. The Balaban J connectivity index is 0.000000396. The van der Waals surface area contributed by atoms with E-state index < -0.39 is 36.5 Å². The molecule has 2 rings (SSSR count). The van der Waals surface area contributed by atoms with E-state index in [1.54, 1.807) is 0 Å². The maximum atomic E-state index is 10.5. The van der Waals surface area contributed by atoms with Crippen molar-refractivity contribution in [1.82, 2.24) is 0 Å². The van der Waals surface area contributed by atoms with Crippen LogP contribution in [0.3, 0.4) is 0 Å². The monoisotopic (exact) mass is 462 g/mol. The fraction of sp³-hybridized carbons (Fsp3) is 0.579. The molecule has 32 heavy (non-hydrogen) atoms. The molecule has 0 unspecified atom stereocenters. The van der Waals surface area contributed by atoms with Gasteiger partial charge in [-0.25, -0.2) is 9.59 Å². The lowest BCUT2D eigenvalue weighted by Gasteiger charge is -2.43. The molecule has 0 saturated carbocycles. The first kappa shape index (κ1) is 27.0. The van der Waals surface area contributed by atoms with Crippen molar-refractivity contribution >= 4 is 23.9 Å². The van der Waals surface area contributed by atoms with Crippen molar-refractivity contribution in [1.29, 1.82) is 0 Å². The number of hydrogen-bond acceptors (Lipinski definition) is 9. The minimum absolute atomic E-state index is 0.00191. The van der Waals surface area contributed by atoms with Crippen LogP contribution >= 0.6 is 0 Å². The second-order valence-electron chi connectivity index (χ2n) is 6.89. The van der Waals surface area contributed by atoms with Crippen molar-refractivity contribution < 1.29 is 63.3 Å². The number of hydrogen-bond donors (Lipinski definition) is 4. The molecule has 0 atom stereocenters. The van der Waals surface area contributed by atoms with Gasteiger partial charge in [-0.1, -0.05) is 0 Å². The standard InChI is InChI=1S/C13H20O8.C6H6O5/c14-9(15)1-3-11-18-5-13(6-19-11)7-20-12(21-8-13)4-2-10(16)17;7-5(8)1-3-11-4-2-6(9)10/h11-12H,1-8H2,(H,14,15)(H,16,17);1-4H,(H,7,8)(H,9,10). The largest absolute Gasteiger partial charge is 0.481 e. The van der Waals surface area contributed by atoms with Crippen molar-refractivity contribution in [3.05, 3.63) is 24.7 Å². The lowest BCUT2D eigenvalue weighted by molar-refractivity contribution is -0.304. The minimum Gasteiger partial charge on any atom is -0.481 e. The van der Waals surface area contributed by atoms with Crippen LogP contribution in [-0.2, 0) is 42.9 Å². The summed E-state index contributed by atoms with van der Waals surface area (Å²) in [4.78, 5) is 40.6. The average Bonchev–Trinajstić information content (AvgIpc) is 2.73. The highest BCUT2D eigenvalue weighted by atomic mass is 16.7. The molecule has 1 spiro atoms. The summed E-state index contributed by atoms with van der Waals surface area (Å²) in [6.07, 6.45) is 2.84. The van der Waals surface area contributed by atoms with Gasteiger partial charge < -0.3 is 44.1 Å². The Morgan fingerprint density at radius 2 is 1.06 bits per heavy atom. The fourth-order valence-electron chi connectivity index (χ4n) is 2.48. The summed E-state index contributed by atoms with van der Waals surface area (Å²) in [5, 5.41) is 33.3. The Bertz CT molecular complexity index is 622. The molecular formula is C19H26O13. The first-order valence-corrected chi connectivity index (χ1v) is 9.46. The van der Waals surface area contributed by atoms with E-state index in [9.17, 15) is 19.2 Å². The third-order valence-corrected chi connectivity index (χ3v) is 4.07. The van der Waals surface area contributed by atoms with E-state index in [1.807, 2.05) is 0 Å². The normalized spacial score (nSPS) is 25.2. The molecule has 13 heteroatoms. The number of carbonyl (C=O) groups is 4. The van der Waals surface area contributed by atoms with Crippen LogP contribution in [0.2, 0.25) is 0 Å². The minimum atomic E-state index is -1.16. The van der Waals surface area contributed by atoms with Crippen LogP contribution < -0.4 is 0 Å². The first-order valence-electron chi connectivity index (χ1n) is 9.46. The van der Waals surface area contributed by atoms with Crippen LogP contribution in [0, 0.1) is 5.41 Å². The lowest BCUT2D eigenvalue weighted by Crippen LogP contribution is -2.52. The van der Waals surface area contributed by atoms with Gasteiger partial charge in [-0.15, -0.1) is 0 Å². The Hall–Kier alpha value is -3.00. The molecule has 2 aliphatic rings. The lowest BCUT2D eigenvalue weighted by atomic mass is 9.90. The number of ether oxygens (including phenoxy) is 5. The van der Waals surface area contributed by atoms with Gasteiger partial charge in [-0.2, -0.15) is 0 Å². The molecule has 0 aromatic rings. The predicted octanol–water partition coefficient (Wildman–Crippen LogP) is 0.648. The van der Waals surface area contributed by atoms with Gasteiger partial charge >= 0.3 is 23.9 Å². The summed E-state index contributed by atoms with van der Waals surface area (Å²) < 4.78 is 26.4. The fourth-order valence-corrected chi connectivity index (χ4v) is 2.48. The van der Waals surface area contributed by atoms with Crippen LogP contribution in [-0.4, -0.2) is 83.3 Å². The molecule has 2 fully saturated rings. The molecule has 4 N–H and O–H groups in total. The van der Waals surface area contributed by atoms with E-state index in [-0.39, 0.29) is 18.3 Å². The predicted molar refractivity (Wildman–Crippen MR) is 102 cm³/mol. The van der Waals surface area contributed by atoms with Crippen LogP contribution in [0.4, 0.5) is 0 Å². The summed E-state index contributed by atoms with van der Waals surface area (Å²) in [5.41, 5.74) is -0.389. The second-order valence-corrected chi connectivity index (χ2v) is 6.89. The molecule has 0 amide bonds. The van der Waals surface area contributed by atoms with Gasteiger partial charge in [-0.05, 0) is 0 Å². The van der Waals surface area contributed by atoms with Gasteiger partial charge in [0.25, 0.3) is 0 Å². The highest BCUT2D eigenvalue weighted by Gasteiger charge is 2.42. The van der Waals surface area contributed by atoms with Crippen molar-refractivity contribution in [3.63, 3.8) is 0 Å². The SMILES string of the molecule is O=C(O)C=COC=CC(=O)O.O=C(O)CCC1OCC2(CO1)COC(CCC(=O)O)OC2. The van der Waals surface area contributed by atoms with Crippen LogP contribution in [0.15, 0.2) is 24.7 Å². The van der Waals surface area contributed by atoms with E-state index in [4.69, 9.17) is 39.4 Å². The molecule has 2 heterocycles. The van der Waals surface area contributed by atoms with Crippen molar-refractivity contribution in [2.45, 2.75) is 38.3 Å². The van der Waals surface area contributed by atoms with Gasteiger partial charge in [0.05, 0.1) is 69.4 Å². The van der Waals surface area contributed by atoms with E-state index in [0.717, 1.165) is 24.7 Å². The maximum Gasteiger partial charge on any atom is 0.331 e. The molecule has 0 radical (unpaired) electrons. The van der Waals surface area contributed by atoms with E-state index in [1.165, 1.54) is 0 Å². The Morgan fingerprint density at radius 3 is 1.34 bits per heavy atom. The Kier molecular flexibility index (Phi) is 11.9. The number of carboxylic acids is 4. The third kappa shape index (κ3) is 12.0. The molecule has 0 bridgehead atoms. The van der Waals surface area contributed by atoms with Crippen molar-refractivity contribution in [3.8, 4) is 0 Å². The molecule has 0 aromatic carbocycles. The Labute approximate surface area is 182 Å². The zero-order valence-corrected chi connectivity index (χ0v) is 17.1. The van der Waals surface area contributed by atoms with Crippen molar-refractivity contribution in [2.24, 2.45) is 5.41 Å². The molecule has 0 aliphatic carbocycles. The van der Waals surface area contributed by atoms with Gasteiger partial charge in [0.2, 0.25) is 0 Å². The molecule has 180 valence electrons. The smallest absolute Gasteiger partial charge is 0.331 e. The van der Waals surface area contributed by atoms with Crippen molar-refractivity contribution in [2.75, 3.05) is 26.4 Å². The topological polar surface area (TPSA) is 195 Å². The van der Waals surface area contributed by atoms with E-state index in [2.05, 4.69) is 4.74 Å². The number of aliphatic carboxylic acids is 4. The third-order valence-electron chi connectivity index (χ3n) is 4.07. The highest BCUT2D eigenvalue weighted by molar-refractivity contribution is 5.80. The zero-order valence-electron chi connectivity index (χ0n) is 17.1. The number of rotatable bonds is 10. The zero-order chi connectivity index (χ0) is 24.0. The van der Waals surface area contributed by atoms with Gasteiger partial charge in [0, 0.05) is 12.8 Å². The van der Waals surface area contributed by atoms with Crippen LogP contribution in [0.5, 0.6) is 0 Å². The molecular weight excluding hydrogens is 436 g/mol. The summed E-state index contributed by atoms with van der Waals surface area (Å²) in [6.45, 7) is 1.51. The average molecular weight is 462 g/mol. The molecule has 2 aliphatic heterocycles. The maximum absolute atomic E-state index is 10.5.